The molecule has 0 radical (unpaired) electrons. The zero-order chi connectivity index (χ0) is 13.3. The topological polar surface area (TPSA) is 34.1 Å². The predicted molar refractivity (Wildman–Crippen MR) is 78.4 cm³/mol. The monoisotopic (exact) mass is 280 g/mol. The maximum atomic E-state index is 5.92. The normalized spacial score (nSPS) is 35.7. The minimum absolute atomic E-state index is 0.103. The quantitative estimate of drug-likeness (QED) is 0.918. The molecule has 4 heteroatoms. The summed E-state index contributed by atoms with van der Waals surface area (Å²) in [6.45, 7) is 3.47. The van der Waals surface area contributed by atoms with Crippen molar-refractivity contribution in [3.8, 4) is 0 Å². The largest absolute Gasteiger partial charge is 0.371 e. The van der Waals surface area contributed by atoms with Crippen molar-refractivity contribution in [2.45, 2.75) is 57.1 Å². The van der Waals surface area contributed by atoms with Crippen LogP contribution in [0.25, 0.3) is 0 Å². The van der Waals surface area contributed by atoms with Crippen molar-refractivity contribution in [2.75, 3.05) is 13.7 Å². The van der Waals surface area contributed by atoms with Gasteiger partial charge in [-0.25, -0.2) is 4.98 Å². The Kier molecular flexibility index (Phi) is 3.92. The Morgan fingerprint density at radius 1 is 1.37 bits per heavy atom. The molecule has 0 unspecified atom stereocenters. The lowest BCUT2D eigenvalue weighted by atomic mass is 9.80. The number of nitrogens with zero attached hydrogens (tertiary/aromatic N) is 1. The van der Waals surface area contributed by atoms with E-state index in [-0.39, 0.29) is 5.60 Å². The van der Waals surface area contributed by atoms with Crippen LogP contribution in [-0.2, 0) is 10.3 Å². The number of nitrogens with one attached hydrogen (secondary N) is 1. The van der Waals surface area contributed by atoms with Gasteiger partial charge in [-0.1, -0.05) is 6.92 Å². The van der Waals surface area contributed by atoms with Crippen molar-refractivity contribution in [1.82, 2.24) is 10.3 Å². The molecule has 1 saturated carbocycles. The molecular weight excluding hydrogens is 256 g/mol. The van der Waals surface area contributed by atoms with Crippen molar-refractivity contribution in [2.24, 2.45) is 5.92 Å². The molecule has 1 aromatic heterocycles. The van der Waals surface area contributed by atoms with E-state index in [4.69, 9.17) is 9.72 Å². The van der Waals surface area contributed by atoms with E-state index in [1.807, 2.05) is 7.11 Å². The molecule has 106 valence electrons. The van der Waals surface area contributed by atoms with Crippen LogP contribution < -0.4 is 5.32 Å². The molecule has 0 spiro atoms. The van der Waals surface area contributed by atoms with Crippen LogP contribution in [0.4, 0.5) is 0 Å². The number of rotatable bonds is 3. The van der Waals surface area contributed by atoms with Crippen LogP contribution >= 0.6 is 11.3 Å². The van der Waals surface area contributed by atoms with Gasteiger partial charge in [0.1, 0.15) is 10.6 Å². The van der Waals surface area contributed by atoms with Gasteiger partial charge in [0.25, 0.3) is 0 Å². The maximum absolute atomic E-state index is 5.92. The Bertz CT molecular complexity index is 418. The van der Waals surface area contributed by atoms with Gasteiger partial charge in [-0.2, -0.15) is 0 Å². The molecule has 0 bridgehead atoms. The third-order valence-electron chi connectivity index (χ3n) is 4.80. The lowest BCUT2D eigenvalue weighted by molar-refractivity contribution is -0.0532. The molecule has 2 heterocycles. The van der Waals surface area contributed by atoms with Gasteiger partial charge >= 0.3 is 0 Å². The summed E-state index contributed by atoms with van der Waals surface area (Å²) in [5.74, 6) is 0.833. The van der Waals surface area contributed by atoms with Crippen molar-refractivity contribution in [1.29, 1.82) is 0 Å². The summed E-state index contributed by atoms with van der Waals surface area (Å²) in [6, 6.07) is 0.474. The first-order chi connectivity index (χ1) is 9.23. The van der Waals surface area contributed by atoms with E-state index in [2.05, 4.69) is 17.6 Å². The van der Waals surface area contributed by atoms with Gasteiger partial charge in [-0.15, -0.1) is 11.3 Å². The first kappa shape index (κ1) is 13.5. The van der Waals surface area contributed by atoms with Gasteiger partial charge < -0.3 is 10.1 Å². The van der Waals surface area contributed by atoms with E-state index >= 15 is 0 Å². The Labute approximate surface area is 119 Å². The Hall–Kier alpha value is -0.450. The maximum Gasteiger partial charge on any atom is 0.125 e. The lowest BCUT2D eigenvalue weighted by Gasteiger charge is -2.36. The first-order valence-electron chi connectivity index (χ1n) is 7.48. The highest BCUT2D eigenvalue weighted by atomic mass is 32.1. The number of methoxy groups -OCH3 is 1. The average Bonchev–Trinajstić information content (AvgIpc) is 3.11. The fraction of sp³-hybridized carbons (Fsp3) is 0.800. The third-order valence-corrected chi connectivity index (χ3v) is 5.85. The van der Waals surface area contributed by atoms with Crippen LogP contribution in [0.15, 0.2) is 5.38 Å². The van der Waals surface area contributed by atoms with Gasteiger partial charge in [0.05, 0.1) is 11.7 Å². The fourth-order valence-electron chi connectivity index (χ4n) is 3.33. The van der Waals surface area contributed by atoms with Gasteiger partial charge in [0.2, 0.25) is 0 Å². The van der Waals surface area contributed by atoms with Crippen molar-refractivity contribution < 1.29 is 4.74 Å². The zero-order valence-corrected chi connectivity index (χ0v) is 12.8. The summed E-state index contributed by atoms with van der Waals surface area (Å²) in [5, 5.41) is 6.96. The summed E-state index contributed by atoms with van der Waals surface area (Å²) in [4.78, 5) is 4.91. The summed E-state index contributed by atoms with van der Waals surface area (Å²) in [5.41, 5.74) is 1.13. The minimum atomic E-state index is -0.103. The summed E-state index contributed by atoms with van der Waals surface area (Å²) in [6.07, 6.45) is 7.24. The molecule has 3 nitrogen and oxygen atoms in total. The Morgan fingerprint density at radius 3 is 2.79 bits per heavy atom. The second-order valence-corrected chi connectivity index (χ2v) is 6.97. The molecule has 0 amide bonds. The van der Waals surface area contributed by atoms with E-state index in [1.54, 1.807) is 11.3 Å². The minimum Gasteiger partial charge on any atom is -0.371 e. The summed E-state index contributed by atoms with van der Waals surface area (Å²) in [7, 11) is 1.85. The van der Waals surface area contributed by atoms with E-state index in [0.717, 1.165) is 25.3 Å². The molecular formula is C15H24N2OS. The fourth-order valence-corrected chi connectivity index (χ4v) is 4.44. The van der Waals surface area contributed by atoms with Crippen LogP contribution in [0.3, 0.4) is 0 Å². The van der Waals surface area contributed by atoms with Crippen molar-refractivity contribution in [3.63, 3.8) is 0 Å². The summed E-state index contributed by atoms with van der Waals surface area (Å²) >= 11 is 1.79. The van der Waals surface area contributed by atoms with Gasteiger partial charge in [-0.05, 0) is 51.0 Å². The van der Waals surface area contributed by atoms with E-state index in [0.29, 0.717) is 6.04 Å². The molecule has 1 aliphatic heterocycles. The molecule has 1 aliphatic carbocycles. The Morgan fingerprint density at radius 2 is 2.16 bits per heavy atom. The SMILES string of the molecule is COC1(c2nc([C@@H]3CCCN3)cs2)CCC(C)CC1. The zero-order valence-electron chi connectivity index (χ0n) is 11.9. The molecule has 1 atom stereocenters. The number of aromatic nitrogens is 1. The molecule has 1 aromatic rings. The highest BCUT2D eigenvalue weighted by Gasteiger charge is 2.39. The molecule has 2 fully saturated rings. The third kappa shape index (κ3) is 2.58. The second-order valence-electron chi connectivity index (χ2n) is 6.11. The van der Waals surface area contributed by atoms with E-state index in [9.17, 15) is 0 Å². The van der Waals surface area contributed by atoms with E-state index in [1.165, 1.54) is 36.4 Å². The number of hydrogen-bond donors (Lipinski definition) is 1. The first-order valence-corrected chi connectivity index (χ1v) is 8.36. The van der Waals surface area contributed by atoms with Gasteiger partial charge in [-0.3, -0.25) is 0 Å². The average molecular weight is 280 g/mol. The van der Waals surface area contributed by atoms with Crippen molar-refractivity contribution in [3.05, 3.63) is 16.1 Å². The van der Waals surface area contributed by atoms with Crippen LogP contribution in [0.2, 0.25) is 0 Å². The molecule has 0 aromatic carbocycles. The predicted octanol–water partition coefficient (Wildman–Crippen LogP) is 3.62. The van der Waals surface area contributed by atoms with Crippen molar-refractivity contribution >= 4 is 11.3 Å². The van der Waals surface area contributed by atoms with Crippen LogP contribution in [0.5, 0.6) is 0 Å². The van der Waals surface area contributed by atoms with Crippen LogP contribution in [-0.4, -0.2) is 18.6 Å². The smallest absolute Gasteiger partial charge is 0.125 e. The second kappa shape index (κ2) is 5.51. The standard InChI is InChI=1S/C15H24N2OS/c1-11-5-7-15(18-2,8-6-11)14-17-13(10-19-14)12-4-3-9-16-12/h10-12,16H,3-9H2,1-2H3/t11?,12-,15?/m0/s1. The Balaban J connectivity index is 1.79. The number of thiazole rings is 1. The van der Waals surface area contributed by atoms with Gasteiger partial charge in [0.15, 0.2) is 0 Å². The number of ether oxygens (including phenoxy) is 1. The van der Waals surface area contributed by atoms with Gasteiger partial charge in [0, 0.05) is 12.5 Å². The molecule has 19 heavy (non-hydrogen) atoms. The molecule has 1 saturated heterocycles. The molecule has 3 rings (SSSR count). The molecule has 2 aliphatic rings. The number of hydrogen-bond acceptors (Lipinski definition) is 4. The summed E-state index contributed by atoms with van der Waals surface area (Å²) < 4.78 is 5.92. The van der Waals surface area contributed by atoms with E-state index < -0.39 is 0 Å². The highest BCUT2D eigenvalue weighted by molar-refractivity contribution is 7.09. The lowest BCUT2D eigenvalue weighted by Crippen LogP contribution is -2.33. The molecule has 1 N–H and O–H groups in total. The van der Waals surface area contributed by atoms with Crippen LogP contribution in [0.1, 0.15) is 62.2 Å². The van der Waals surface area contributed by atoms with Crippen LogP contribution in [0, 0.1) is 5.92 Å². The highest BCUT2D eigenvalue weighted by Crippen LogP contribution is 2.43.